The zero-order valence-electron chi connectivity index (χ0n) is 6.35. The van der Waals surface area contributed by atoms with Gasteiger partial charge in [-0.3, -0.25) is 0 Å². The number of hydrogen-bond donors (Lipinski definition) is 0. The van der Waals surface area contributed by atoms with E-state index in [0.29, 0.717) is 19.5 Å². The zero-order valence-corrected chi connectivity index (χ0v) is 6.35. The lowest BCUT2D eigenvalue weighted by Gasteiger charge is -2.14. The van der Waals surface area contributed by atoms with Crippen LogP contribution >= 0.6 is 0 Å². The minimum absolute atomic E-state index is 0.334. The van der Waals surface area contributed by atoms with Crippen LogP contribution in [0.15, 0.2) is 0 Å². The molecular formula is C7H10F2N2. The van der Waals surface area contributed by atoms with E-state index in [-0.39, 0.29) is 0 Å². The highest BCUT2D eigenvalue weighted by molar-refractivity contribution is 4.99. The van der Waals surface area contributed by atoms with Crippen molar-refractivity contribution in [1.29, 1.82) is 5.26 Å². The molecule has 1 fully saturated rings. The predicted octanol–water partition coefficient (Wildman–Crippen LogP) is 1.10. The Labute approximate surface area is 64.4 Å². The van der Waals surface area contributed by atoms with Crippen LogP contribution in [0, 0.1) is 17.2 Å². The topological polar surface area (TPSA) is 27.0 Å². The van der Waals surface area contributed by atoms with Gasteiger partial charge in [0.05, 0.1) is 5.92 Å². The molecule has 62 valence electrons. The number of likely N-dealkylation sites (tertiary alicyclic amines) is 1. The van der Waals surface area contributed by atoms with Gasteiger partial charge < -0.3 is 4.90 Å². The van der Waals surface area contributed by atoms with Gasteiger partial charge >= 0.3 is 5.92 Å². The molecule has 2 nitrogen and oxygen atoms in total. The third-order valence-corrected chi connectivity index (χ3v) is 2.05. The van der Waals surface area contributed by atoms with Gasteiger partial charge in [0.25, 0.3) is 0 Å². The molecule has 0 saturated carbocycles. The van der Waals surface area contributed by atoms with Crippen LogP contribution in [0.5, 0.6) is 0 Å². The standard InChI is InChI=1S/C7H10F2N2/c1-11-3-2-6(4-11)7(8,9)5-10/h6H,2-4H2,1H3. The minimum Gasteiger partial charge on any atom is -0.306 e. The molecule has 1 atom stereocenters. The second-order valence-corrected chi connectivity index (χ2v) is 2.98. The highest BCUT2D eigenvalue weighted by Gasteiger charge is 2.42. The molecule has 0 aliphatic carbocycles. The Morgan fingerprint density at radius 3 is 2.64 bits per heavy atom. The third kappa shape index (κ3) is 1.66. The van der Waals surface area contributed by atoms with Gasteiger partial charge in [0.2, 0.25) is 0 Å². The van der Waals surface area contributed by atoms with E-state index in [1.54, 1.807) is 7.05 Å². The molecule has 0 spiro atoms. The van der Waals surface area contributed by atoms with Gasteiger partial charge in [0.15, 0.2) is 0 Å². The van der Waals surface area contributed by atoms with Crippen LogP contribution in [0.25, 0.3) is 0 Å². The summed E-state index contributed by atoms with van der Waals surface area (Å²) in [7, 11) is 1.79. The average Bonchev–Trinajstić information content (AvgIpc) is 2.36. The van der Waals surface area contributed by atoms with Crippen LogP contribution in [0.4, 0.5) is 8.78 Å². The summed E-state index contributed by atoms with van der Waals surface area (Å²) in [6.07, 6.45) is 0.428. The van der Waals surface area contributed by atoms with E-state index in [2.05, 4.69) is 0 Å². The molecule has 0 aromatic carbocycles. The highest BCUT2D eigenvalue weighted by Crippen LogP contribution is 2.30. The molecule has 1 rings (SSSR count). The molecule has 11 heavy (non-hydrogen) atoms. The molecule has 1 unspecified atom stereocenters. The van der Waals surface area contributed by atoms with Crippen molar-refractivity contribution in [3.8, 4) is 6.07 Å². The molecule has 1 aliphatic heterocycles. The summed E-state index contributed by atoms with van der Waals surface area (Å²) >= 11 is 0. The number of halogens is 2. The van der Waals surface area contributed by atoms with E-state index in [9.17, 15) is 8.78 Å². The van der Waals surface area contributed by atoms with Crippen LogP contribution < -0.4 is 0 Å². The monoisotopic (exact) mass is 160 g/mol. The van der Waals surface area contributed by atoms with Gasteiger partial charge in [0.1, 0.15) is 6.07 Å². The van der Waals surface area contributed by atoms with Gasteiger partial charge in [-0.05, 0) is 20.0 Å². The van der Waals surface area contributed by atoms with E-state index < -0.39 is 11.8 Å². The lowest BCUT2D eigenvalue weighted by Crippen LogP contribution is -2.28. The normalized spacial score (nSPS) is 26.9. The Morgan fingerprint density at radius 2 is 2.27 bits per heavy atom. The Balaban J connectivity index is 2.57. The van der Waals surface area contributed by atoms with Gasteiger partial charge in [-0.25, -0.2) is 0 Å². The first kappa shape index (κ1) is 8.41. The van der Waals surface area contributed by atoms with Crippen molar-refractivity contribution in [2.75, 3.05) is 20.1 Å². The van der Waals surface area contributed by atoms with Crippen molar-refractivity contribution < 1.29 is 8.78 Å². The molecule has 0 bridgehead atoms. The van der Waals surface area contributed by atoms with E-state index >= 15 is 0 Å². The SMILES string of the molecule is CN1CCC(C(F)(F)C#N)C1. The molecule has 1 saturated heterocycles. The summed E-state index contributed by atoms with van der Waals surface area (Å²) in [6.45, 7) is 1.00. The number of rotatable bonds is 1. The maximum absolute atomic E-state index is 12.6. The van der Waals surface area contributed by atoms with Crippen LogP contribution in [-0.2, 0) is 0 Å². The number of alkyl halides is 2. The molecule has 0 aromatic rings. The second kappa shape index (κ2) is 2.74. The van der Waals surface area contributed by atoms with Crippen LogP contribution in [-0.4, -0.2) is 31.0 Å². The highest BCUT2D eigenvalue weighted by atomic mass is 19.3. The Morgan fingerprint density at radius 1 is 1.64 bits per heavy atom. The van der Waals surface area contributed by atoms with Crippen molar-refractivity contribution in [2.45, 2.75) is 12.3 Å². The minimum atomic E-state index is -3.13. The van der Waals surface area contributed by atoms with Gasteiger partial charge in [-0.1, -0.05) is 0 Å². The molecule has 0 radical (unpaired) electrons. The molecule has 0 aromatic heterocycles. The van der Waals surface area contributed by atoms with Crippen LogP contribution in [0.2, 0.25) is 0 Å². The lowest BCUT2D eigenvalue weighted by atomic mass is 10.0. The van der Waals surface area contributed by atoms with Crippen molar-refractivity contribution in [2.24, 2.45) is 5.92 Å². The molecule has 1 aliphatic rings. The summed E-state index contributed by atoms with van der Waals surface area (Å²) < 4.78 is 25.3. The average molecular weight is 160 g/mol. The number of nitrogens with zero attached hydrogens (tertiary/aromatic N) is 2. The first-order valence-electron chi connectivity index (χ1n) is 3.54. The summed E-state index contributed by atoms with van der Waals surface area (Å²) in [5, 5.41) is 8.12. The van der Waals surface area contributed by atoms with Crippen molar-refractivity contribution in [3.63, 3.8) is 0 Å². The molecule has 1 heterocycles. The van der Waals surface area contributed by atoms with Crippen LogP contribution in [0.3, 0.4) is 0 Å². The van der Waals surface area contributed by atoms with E-state index in [4.69, 9.17) is 5.26 Å². The quantitative estimate of drug-likeness (QED) is 0.574. The first-order chi connectivity index (χ1) is 5.06. The summed E-state index contributed by atoms with van der Waals surface area (Å²) in [6, 6.07) is 1.04. The number of hydrogen-bond acceptors (Lipinski definition) is 2. The van der Waals surface area contributed by atoms with E-state index in [0.717, 1.165) is 6.07 Å². The van der Waals surface area contributed by atoms with Gasteiger partial charge in [-0.2, -0.15) is 14.0 Å². The third-order valence-electron chi connectivity index (χ3n) is 2.05. The summed E-state index contributed by atoms with van der Waals surface area (Å²) in [4.78, 5) is 1.82. The first-order valence-corrected chi connectivity index (χ1v) is 3.54. The fraction of sp³-hybridized carbons (Fsp3) is 0.857. The maximum Gasteiger partial charge on any atom is 0.336 e. The summed E-state index contributed by atoms with van der Waals surface area (Å²) in [5.74, 6) is -3.90. The van der Waals surface area contributed by atoms with Crippen LogP contribution in [0.1, 0.15) is 6.42 Å². The Bertz CT molecular complexity index is 185. The van der Waals surface area contributed by atoms with Gasteiger partial charge in [0, 0.05) is 6.54 Å². The summed E-state index contributed by atoms with van der Waals surface area (Å²) in [5.41, 5.74) is 0. The fourth-order valence-electron chi connectivity index (χ4n) is 1.32. The Hall–Kier alpha value is -0.690. The van der Waals surface area contributed by atoms with E-state index in [1.807, 2.05) is 4.90 Å². The molecule has 4 heteroatoms. The van der Waals surface area contributed by atoms with Gasteiger partial charge in [-0.15, -0.1) is 0 Å². The Kier molecular flexibility index (Phi) is 2.10. The molecular weight excluding hydrogens is 150 g/mol. The molecule has 0 amide bonds. The maximum atomic E-state index is 12.6. The second-order valence-electron chi connectivity index (χ2n) is 2.98. The van der Waals surface area contributed by atoms with Crippen molar-refractivity contribution >= 4 is 0 Å². The fourth-order valence-corrected chi connectivity index (χ4v) is 1.32. The van der Waals surface area contributed by atoms with Crippen molar-refractivity contribution in [3.05, 3.63) is 0 Å². The predicted molar refractivity (Wildman–Crippen MR) is 36.2 cm³/mol. The lowest BCUT2D eigenvalue weighted by molar-refractivity contribution is 0.00413. The molecule has 0 N–H and O–H groups in total. The van der Waals surface area contributed by atoms with E-state index in [1.165, 1.54) is 0 Å². The van der Waals surface area contributed by atoms with Crippen molar-refractivity contribution in [1.82, 2.24) is 4.90 Å². The zero-order chi connectivity index (χ0) is 8.48. The smallest absolute Gasteiger partial charge is 0.306 e. The largest absolute Gasteiger partial charge is 0.336 e. The number of nitriles is 1.